The molecule has 0 radical (unpaired) electrons. The van der Waals surface area contributed by atoms with E-state index in [4.69, 9.17) is 0 Å². The smallest absolute Gasteiger partial charge is 0.298 e. The van der Waals surface area contributed by atoms with Gasteiger partial charge in [-0.2, -0.15) is 13.2 Å². The molecule has 3 nitrogen and oxygen atoms in total. The molecule has 0 amide bonds. The molecule has 7 heteroatoms. The van der Waals surface area contributed by atoms with Crippen molar-refractivity contribution < 1.29 is 13.2 Å². The summed E-state index contributed by atoms with van der Waals surface area (Å²) in [6, 6.07) is 1.63. The molecule has 1 aromatic rings. The van der Waals surface area contributed by atoms with Crippen LogP contribution in [0.3, 0.4) is 0 Å². The van der Waals surface area contributed by atoms with Crippen molar-refractivity contribution in [3.8, 4) is 0 Å². The number of nitrogens with zero attached hydrogens (tertiary/aromatic N) is 3. The van der Waals surface area contributed by atoms with Gasteiger partial charge in [-0.1, -0.05) is 0 Å². The molecule has 2 bridgehead atoms. The number of hydrogen-bond donors (Lipinski definition) is 0. The Morgan fingerprint density at radius 1 is 1.27 bits per heavy atom. The third-order valence-corrected chi connectivity index (χ3v) is 5.67. The fraction of sp³-hybridized carbons (Fsp3) is 0.800. The molecule has 2 fully saturated rings. The Kier molecular flexibility index (Phi) is 4.49. The van der Waals surface area contributed by atoms with Crippen LogP contribution in [-0.4, -0.2) is 52.2 Å². The van der Waals surface area contributed by atoms with E-state index in [0.717, 1.165) is 24.5 Å². The van der Waals surface area contributed by atoms with Gasteiger partial charge >= 0.3 is 6.18 Å². The summed E-state index contributed by atoms with van der Waals surface area (Å²) < 4.78 is 37.2. The van der Waals surface area contributed by atoms with Crippen molar-refractivity contribution in [1.29, 1.82) is 0 Å². The van der Waals surface area contributed by atoms with Crippen molar-refractivity contribution in [2.45, 2.75) is 64.0 Å². The molecule has 0 aliphatic carbocycles. The lowest BCUT2D eigenvalue weighted by Crippen LogP contribution is -2.54. The van der Waals surface area contributed by atoms with Gasteiger partial charge in [-0.15, -0.1) is 11.3 Å². The summed E-state index contributed by atoms with van der Waals surface area (Å²) in [6.07, 6.45) is -1.06. The molecule has 2 aliphatic rings. The number of aromatic nitrogens is 1. The zero-order chi connectivity index (χ0) is 15.9. The first-order valence-electron chi connectivity index (χ1n) is 7.82. The molecule has 2 atom stereocenters. The van der Waals surface area contributed by atoms with E-state index in [1.165, 1.54) is 24.2 Å². The van der Waals surface area contributed by atoms with Crippen LogP contribution in [0.15, 0.2) is 6.20 Å². The Hall–Kier alpha value is -0.660. The molecule has 2 aliphatic heterocycles. The van der Waals surface area contributed by atoms with Crippen molar-refractivity contribution in [2.24, 2.45) is 0 Å². The quantitative estimate of drug-likeness (QED) is 0.843. The fourth-order valence-electron chi connectivity index (χ4n) is 3.56. The summed E-state index contributed by atoms with van der Waals surface area (Å²) in [6.45, 7) is 7.34. The lowest BCUT2D eigenvalue weighted by atomic mass is 10.1. The normalized spacial score (nSPS) is 27.0. The van der Waals surface area contributed by atoms with Crippen molar-refractivity contribution in [1.82, 2.24) is 14.8 Å². The van der Waals surface area contributed by atoms with E-state index in [-0.39, 0.29) is 5.01 Å². The third kappa shape index (κ3) is 3.63. The summed E-state index contributed by atoms with van der Waals surface area (Å²) in [5.41, 5.74) is 0. The van der Waals surface area contributed by atoms with Gasteiger partial charge in [0, 0.05) is 48.8 Å². The summed E-state index contributed by atoms with van der Waals surface area (Å²) in [7, 11) is 0. The number of thiazole rings is 1. The van der Waals surface area contributed by atoms with Crippen LogP contribution in [0.25, 0.3) is 0 Å². The highest BCUT2D eigenvalue weighted by Gasteiger charge is 2.40. The summed E-state index contributed by atoms with van der Waals surface area (Å²) >= 11 is 1.21. The van der Waals surface area contributed by atoms with Gasteiger partial charge in [-0.3, -0.25) is 9.80 Å². The molecule has 22 heavy (non-hydrogen) atoms. The number of likely N-dealkylation sites (tertiary alicyclic amines) is 1. The third-order valence-electron chi connectivity index (χ3n) is 4.68. The second kappa shape index (κ2) is 6.09. The van der Waals surface area contributed by atoms with Crippen LogP contribution < -0.4 is 0 Å². The molecular formula is C15H22F3N3S. The van der Waals surface area contributed by atoms with Gasteiger partial charge in [0.05, 0.1) is 6.42 Å². The lowest BCUT2D eigenvalue weighted by molar-refractivity contribution is -0.127. The number of alkyl halides is 3. The molecular weight excluding hydrogens is 311 g/mol. The first-order valence-corrected chi connectivity index (χ1v) is 8.63. The van der Waals surface area contributed by atoms with E-state index >= 15 is 0 Å². The highest BCUT2D eigenvalue weighted by molar-refractivity contribution is 7.11. The maximum Gasteiger partial charge on any atom is 0.395 e. The van der Waals surface area contributed by atoms with Crippen LogP contribution in [0, 0.1) is 0 Å². The second-order valence-corrected chi connectivity index (χ2v) is 7.82. The first-order chi connectivity index (χ1) is 10.3. The summed E-state index contributed by atoms with van der Waals surface area (Å²) in [5, 5.41) is 0.177. The molecule has 3 heterocycles. The molecule has 0 saturated carbocycles. The standard InChI is InChI=1S/C15H22F3N3S/c1-10(2)20-7-11-3-4-12(8-20)21(11)9-13-6-19-14(22-13)5-15(16,17)18/h6,10-12H,3-5,7-9H2,1-2H3. The minimum Gasteiger partial charge on any atom is -0.298 e. The number of halogens is 3. The van der Waals surface area contributed by atoms with Crippen LogP contribution in [0.4, 0.5) is 13.2 Å². The van der Waals surface area contributed by atoms with E-state index in [1.807, 2.05) is 0 Å². The number of piperazine rings is 1. The van der Waals surface area contributed by atoms with Gasteiger partial charge in [0.25, 0.3) is 0 Å². The predicted molar refractivity (Wildman–Crippen MR) is 80.9 cm³/mol. The average molecular weight is 333 g/mol. The lowest BCUT2D eigenvalue weighted by Gasteiger charge is -2.42. The maximum absolute atomic E-state index is 12.4. The van der Waals surface area contributed by atoms with Crippen LogP contribution in [-0.2, 0) is 13.0 Å². The SMILES string of the molecule is CC(C)N1CC2CCC(C1)N2Cc1cnc(CC(F)(F)F)s1. The van der Waals surface area contributed by atoms with E-state index in [1.54, 1.807) is 6.20 Å². The number of fused-ring (bicyclic) bond motifs is 2. The zero-order valence-corrected chi connectivity index (χ0v) is 13.8. The molecule has 3 rings (SSSR count). The van der Waals surface area contributed by atoms with Gasteiger partial charge < -0.3 is 0 Å². The second-order valence-electron chi connectivity index (χ2n) is 6.62. The molecule has 0 N–H and O–H groups in total. The first kappa shape index (κ1) is 16.2. The maximum atomic E-state index is 12.4. The number of rotatable bonds is 4. The fourth-order valence-corrected chi connectivity index (χ4v) is 4.52. The van der Waals surface area contributed by atoms with Gasteiger partial charge in [0.1, 0.15) is 5.01 Å². The molecule has 2 saturated heterocycles. The molecule has 1 aromatic heterocycles. The van der Waals surface area contributed by atoms with Gasteiger partial charge in [-0.25, -0.2) is 4.98 Å². The Morgan fingerprint density at radius 2 is 1.91 bits per heavy atom. The largest absolute Gasteiger partial charge is 0.395 e. The van der Waals surface area contributed by atoms with E-state index in [9.17, 15) is 13.2 Å². The summed E-state index contributed by atoms with van der Waals surface area (Å²) in [4.78, 5) is 9.89. The molecule has 2 unspecified atom stereocenters. The molecule has 124 valence electrons. The van der Waals surface area contributed by atoms with Crippen LogP contribution in [0.1, 0.15) is 36.6 Å². The van der Waals surface area contributed by atoms with Crippen LogP contribution in [0.5, 0.6) is 0 Å². The summed E-state index contributed by atoms with van der Waals surface area (Å²) in [5.74, 6) is 0. The highest BCUT2D eigenvalue weighted by Crippen LogP contribution is 2.33. The van der Waals surface area contributed by atoms with Gasteiger partial charge in [-0.05, 0) is 26.7 Å². The topological polar surface area (TPSA) is 19.4 Å². The number of hydrogen-bond acceptors (Lipinski definition) is 4. The van der Waals surface area contributed by atoms with Crippen LogP contribution in [0.2, 0.25) is 0 Å². The highest BCUT2D eigenvalue weighted by atomic mass is 32.1. The Balaban J connectivity index is 1.63. The molecule has 0 aromatic carbocycles. The Bertz CT molecular complexity index is 500. The monoisotopic (exact) mass is 333 g/mol. The minimum absolute atomic E-state index is 0.177. The van der Waals surface area contributed by atoms with E-state index < -0.39 is 12.6 Å². The minimum atomic E-state index is -4.17. The Labute approximate surface area is 133 Å². The van der Waals surface area contributed by atoms with E-state index in [2.05, 4.69) is 28.6 Å². The average Bonchev–Trinajstić information content (AvgIpc) is 2.90. The van der Waals surface area contributed by atoms with Crippen LogP contribution >= 0.6 is 11.3 Å². The molecule has 0 spiro atoms. The van der Waals surface area contributed by atoms with Crippen molar-refractivity contribution in [2.75, 3.05) is 13.1 Å². The van der Waals surface area contributed by atoms with Crippen molar-refractivity contribution in [3.05, 3.63) is 16.1 Å². The zero-order valence-electron chi connectivity index (χ0n) is 12.9. The van der Waals surface area contributed by atoms with Crippen molar-refractivity contribution in [3.63, 3.8) is 0 Å². The van der Waals surface area contributed by atoms with E-state index in [0.29, 0.717) is 18.1 Å². The Morgan fingerprint density at radius 3 is 2.45 bits per heavy atom. The predicted octanol–water partition coefficient (Wildman–Crippen LogP) is 3.30. The van der Waals surface area contributed by atoms with Gasteiger partial charge in [0.15, 0.2) is 0 Å². The van der Waals surface area contributed by atoms with Gasteiger partial charge in [0.2, 0.25) is 0 Å². The van der Waals surface area contributed by atoms with Crippen molar-refractivity contribution >= 4 is 11.3 Å².